The quantitative estimate of drug-likeness (QED) is 0.346. The molecule has 8 heteroatoms. The maximum absolute atomic E-state index is 13.0. The lowest BCUT2D eigenvalue weighted by Gasteiger charge is -2.45. The zero-order valence-electron chi connectivity index (χ0n) is 16.0. The van der Waals surface area contributed by atoms with Gasteiger partial charge in [0.1, 0.15) is 0 Å². The molecule has 0 fully saturated rings. The fraction of sp³-hybridized carbons (Fsp3) is 1.00. The second-order valence-electron chi connectivity index (χ2n) is 7.70. The van der Waals surface area contributed by atoms with E-state index < -0.39 is 23.9 Å². The van der Waals surface area contributed by atoms with Crippen LogP contribution in [0, 0.1) is 5.41 Å². The molecular formula is C16H33F3O3SSi. The van der Waals surface area contributed by atoms with E-state index in [1.54, 1.807) is 0 Å². The molecule has 0 bridgehead atoms. The lowest BCUT2D eigenvalue weighted by Crippen LogP contribution is -2.53. The van der Waals surface area contributed by atoms with Gasteiger partial charge in [-0.1, -0.05) is 74.1 Å². The van der Waals surface area contributed by atoms with Crippen molar-refractivity contribution in [1.29, 1.82) is 0 Å². The Balaban J connectivity index is 6.38. The number of hydrogen-bond donors (Lipinski definition) is 0. The molecule has 0 spiro atoms. The lowest BCUT2D eigenvalue weighted by molar-refractivity contribution is -0.0506. The summed E-state index contributed by atoms with van der Waals surface area (Å²) in [6.07, 6.45) is 2.51. The number of hydrogen-bond acceptors (Lipinski definition) is 3. The van der Waals surface area contributed by atoms with Gasteiger partial charge in [-0.25, -0.2) is 0 Å². The third-order valence-electron chi connectivity index (χ3n) is 4.71. The average Bonchev–Trinajstić information content (AvgIpc) is 2.37. The first-order chi connectivity index (χ1) is 10.7. The maximum atomic E-state index is 13.0. The van der Waals surface area contributed by atoms with Crippen LogP contribution in [0.2, 0.25) is 17.1 Å². The monoisotopic (exact) mass is 390 g/mol. The third kappa shape index (κ3) is 5.73. The van der Waals surface area contributed by atoms with Crippen molar-refractivity contribution in [2.45, 2.75) is 96.8 Å². The van der Waals surface area contributed by atoms with Crippen LogP contribution >= 0.6 is 0 Å². The SMILES string of the molecule is CCC(CC)[Si](CC(C)(C)C)(OS(=O)(=O)C(F)(F)F)C(CC)CC. The van der Waals surface area contributed by atoms with Crippen LogP contribution in [0.4, 0.5) is 13.2 Å². The summed E-state index contributed by atoms with van der Waals surface area (Å²) >= 11 is 0. The molecule has 0 aromatic rings. The van der Waals surface area contributed by atoms with Crippen LogP contribution in [0.3, 0.4) is 0 Å². The molecule has 0 aromatic heterocycles. The standard InChI is InChI=1S/C16H33F3O3SSi/c1-8-13(9-2)24(12-15(5,6)7,14(10-3)11-4)22-23(20,21)16(17,18)19/h13-14H,8-12H2,1-7H3. The normalized spacial score (nSPS) is 14.7. The van der Waals surface area contributed by atoms with Crippen molar-refractivity contribution in [3.8, 4) is 0 Å². The molecule has 0 unspecified atom stereocenters. The summed E-state index contributed by atoms with van der Waals surface area (Å²) in [5.74, 6) is 0. The Morgan fingerprint density at radius 1 is 0.875 bits per heavy atom. The van der Waals surface area contributed by atoms with Gasteiger partial charge in [0.2, 0.25) is 8.32 Å². The van der Waals surface area contributed by atoms with E-state index in [-0.39, 0.29) is 16.5 Å². The largest absolute Gasteiger partial charge is 0.522 e. The van der Waals surface area contributed by atoms with E-state index in [9.17, 15) is 21.6 Å². The number of rotatable bonds is 9. The van der Waals surface area contributed by atoms with E-state index in [0.717, 1.165) is 0 Å². The Kier molecular flexibility index (Phi) is 8.50. The van der Waals surface area contributed by atoms with Crippen molar-refractivity contribution in [2.24, 2.45) is 5.41 Å². The molecule has 24 heavy (non-hydrogen) atoms. The Labute approximate surface area is 146 Å². The minimum absolute atomic E-state index is 0.126. The van der Waals surface area contributed by atoms with Crippen LogP contribution in [0.15, 0.2) is 0 Å². The van der Waals surface area contributed by atoms with E-state index in [0.29, 0.717) is 31.7 Å². The van der Waals surface area contributed by atoms with Crippen LogP contribution in [0.25, 0.3) is 0 Å². The molecule has 0 radical (unpaired) electrons. The molecule has 0 amide bonds. The Morgan fingerprint density at radius 3 is 1.42 bits per heavy atom. The van der Waals surface area contributed by atoms with Gasteiger partial charge < -0.3 is 3.87 Å². The van der Waals surface area contributed by atoms with Gasteiger partial charge in [-0.15, -0.1) is 0 Å². The molecule has 0 atom stereocenters. The van der Waals surface area contributed by atoms with Gasteiger partial charge in [-0.05, 0) is 22.5 Å². The van der Waals surface area contributed by atoms with Gasteiger partial charge in [0.05, 0.1) is 0 Å². The molecule has 0 saturated heterocycles. The van der Waals surface area contributed by atoms with Crippen molar-refractivity contribution in [3.63, 3.8) is 0 Å². The highest BCUT2D eigenvalue weighted by molar-refractivity contribution is 7.88. The van der Waals surface area contributed by atoms with Crippen molar-refractivity contribution < 1.29 is 25.5 Å². The highest BCUT2D eigenvalue weighted by Gasteiger charge is 2.58. The van der Waals surface area contributed by atoms with Gasteiger partial charge in [-0.3, -0.25) is 0 Å². The molecule has 0 aliphatic carbocycles. The summed E-state index contributed by atoms with van der Waals surface area (Å²) in [4.78, 5) is 0. The van der Waals surface area contributed by atoms with Crippen molar-refractivity contribution in [1.82, 2.24) is 0 Å². The second-order valence-corrected chi connectivity index (χ2v) is 13.6. The molecule has 3 nitrogen and oxygen atoms in total. The summed E-state index contributed by atoms with van der Waals surface area (Å²) in [6.45, 7) is 13.4. The van der Waals surface area contributed by atoms with Crippen LogP contribution in [0.5, 0.6) is 0 Å². The number of halogens is 3. The Hall–Kier alpha value is -0.0831. The summed E-state index contributed by atoms with van der Waals surface area (Å²) in [5, 5.41) is 0. The van der Waals surface area contributed by atoms with Crippen molar-refractivity contribution in [2.75, 3.05) is 0 Å². The highest BCUT2D eigenvalue weighted by Crippen LogP contribution is 2.50. The average molecular weight is 391 g/mol. The molecule has 146 valence electrons. The van der Waals surface area contributed by atoms with E-state index in [2.05, 4.69) is 0 Å². The number of alkyl halides is 3. The van der Waals surface area contributed by atoms with Crippen LogP contribution in [-0.2, 0) is 14.0 Å². The van der Waals surface area contributed by atoms with Crippen molar-refractivity contribution in [3.05, 3.63) is 0 Å². The molecule has 0 aliphatic heterocycles. The van der Waals surface area contributed by atoms with E-state index in [1.165, 1.54) is 0 Å². The van der Waals surface area contributed by atoms with E-state index in [4.69, 9.17) is 3.87 Å². The molecule has 0 N–H and O–H groups in total. The first-order valence-electron chi connectivity index (χ1n) is 8.72. The lowest BCUT2D eigenvalue weighted by atomic mass is 10.0. The fourth-order valence-corrected chi connectivity index (χ4v) is 12.8. The zero-order valence-corrected chi connectivity index (χ0v) is 17.8. The molecule has 0 saturated carbocycles. The fourth-order valence-electron chi connectivity index (χ4n) is 3.83. The molecule has 0 rings (SSSR count). The Bertz CT molecular complexity index is 464. The smallest absolute Gasteiger partial charge is 0.307 e. The van der Waals surface area contributed by atoms with Crippen LogP contribution in [-0.4, -0.2) is 22.2 Å². The maximum Gasteiger partial charge on any atom is 0.522 e. The van der Waals surface area contributed by atoms with Gasteiger partial charge in [0, 0.05) is 0 Å². The Morgan fingerprint density at radius 2 is 1.21 bits per heavy atom. The van der Waals surface area contributed by atoms with Gasteiger partial charge in [-0.2, -0.15) is 21.6 Å². The molecule has 0 aliphatic rings. The summed E-state index contributed by atoms with van der Waals surface area (Å²) < 4.78 is 68.2. The van der Waals surface area contributed by atoms with Crippen molar-refractivity contribution >= 4 is 18.4 Å². The minimum atomic E-state index is -5.60. The first-order valence-corrected chi connectivity index (χ1v) is 12.4. The zero-order chi connectivity index (χ0) is 19.4. The van der Waals surface area contributed by atoms with Crippen LogP contribution in [0.1, 0.15) is 74.1 Å². The summed E-state index contributed by atoms with van der Waals surface area (Å²) in [5.41, 5.74) is -5.93. The van der Waals surface area contributed by atoms with E-state index >= 15 is 0 Å². The minimum Gasteiger partial charge on any atom is -0.307 e. The predicted molar refractivity (Wildman–Crippen MR) is 94.7 cm³/mol. The topological polar surface area (TPSA) is 43.4 Å². The first kappa shape index (κ1) is 23.9. The summed E-state index contributed by atoms with van der Waals surface area (Å²) in [6, 6.07) is 0.397. The third-order valence-corrected chi connectivity index (χ3v) is 13.4. The van der Waals surface area contributed by atoms with E-state index in [1.807, 2.05) is 48.5 Å². The predicted octanol–water partition coefficient (Wildman–Crippen LogP) is 6.22. The van der Waals surface area contributed by atoms with Gasteiger partial charge in [0.25, 0.3) is 0 Å². The molecule has 0 aromatic carbocycles. The van der Waals surface area contributed by atoms with Gasteiger partial charge >= 0.3 is 15.6 Å². The van der Waals surface area contributed by atoms with Crippen LogP contribution < -0.4 is 0 Å². The molecular weight excluding hydrogens is 357 g/mol. The molecule has 0 heterocycles. The highest BCUT2D eigenvalue weighted by atomic mass is 32.2. The van der Waals surface area contributed by atoms with Gasteiger partial charge in [0.15, 0.2) is 0 Å². The summed E-state index contributed by atoms with van der Waals surface area (Å²) in [7, 11) is -8.84. The second kappa shape index (κ2) is 8.53.